The van der Waals surface area contributed by atoms with Gasteiger partial charge in [-0.25, -0.2) is 0 Å². The summed E-state index contributed by atoms with van der Waals surface area (Å²) in [4.78, 5) is 10.3. The second-order valence-corrected chi connectivity index (χ2v) is 3.26. The van der Waals surface area contributed by atoms with Crippen LogP contribution in [0.1, 0.15) is 5.56 Å². The van der Waals surface area contributed by atoms with Crippen LogP contribution in [0.15, 0.2) is 18.3 Å². The molecular weight excluding hydrogens is 182 g/mol. The summed E-state index contributed by atoms with van der Waals surface area (Å²) in [5.74, 6) is 0. The van der Waals surface area contributed by atoms with Crippen LogP contribution in [0.3, 0.4) is 0 Å². The summed E-state index contributed by atoms with van der Waals surface area (Å²) >= 11 is 0. The van der Waals surface area contributed by atoms with Crippen molar-refractivity contribution in [3.05, 3.63) is 34.0 Å². The first-order valence-electron chi connectivity index (χ1n) is 4.16. The van der Waals surface area contributed by atoms with E-state index in [9.17, 15) is 10.1 Å². The Labute approximate surface area is 80.1 Å². The summed E-state index contributed by atoms with van der Waals surface area (Å²) in [6, 6.07) is 3.28. The van der Waals surface area contributed by atoms with Gasteiger partial charge < -0.3 is 0 Å². The van der Waals surface area contributed by atoms with Gasteiger partial charge >= 0.3 is 0 Å². The summed E-state index contributed by atoms with van der Waals surface area (Å²) in [6.45, 7) is 1.71. The number of nitrogens with zero attached hydrogens (tertiary/aromatic N) is 3. The molecule has 0 fully saturated rings. The van der Waals surface area contributed by atoms with E-state index in [1.807, 2.05) is 0 Å². The van der Waals surface area contributed by atoms with Gasteiger partial charge in [0.1, 0.15) is 0 Å². The SMILES string of the molecule is Cc1cc2nn(C)cc2cc1[N+](=O)[O-]. The molecule has 0 saturated carbocycles. The number of hydrogen-bond donors (Lipinski definition) is 0. The molecule has 1 heterocycles. The molecule has 2 aromatic rings. The van der Waals surface area contributed by atoms with Gasteiger partial charge in [0.25, 0.3) is 5.69 Å². The standard InChI is InChI=1S/C9H9N3O2/c1-6-3-8-7(5-11(2)10-8)4-9(6)12(13)14/h3-5H,1-2H3. The smallest absolute Gasteiger partial charge is 0.273 e. The molecule has 0 bridgehead atoms. The van der Waals surface area contributed by atoms with Gasteiger partial charge in [0.05, 0.1) is 10.4 Å². The minimum Gasteiger partial charge on any atom is -0.275 e. The first-order valence-corrected chi connectivity index (χ1v) is 4.16. The highest BCUT2D eigenvalue weighted by molar-refractivity contribution is 5.82. The summed E-state index contributed by atoms with van der Waals surface area (Å²) in [6.07, 6.45) is 1.77. The molecule has 0 aliphatic rings. The van der Waals surface area contributed by atoms with Gasteiger partial charge in [0, 0.05) is 30.3 Å². The van der Waals surface area contributed by atoms with Crippen LogP contribution < -0.4 is 0 Å². The normalized spacial score (nSPS) is 10.7. The van der Waals surface area contributed by atoms with Crippen molar-refractivity contribution in [2.24, 2.45) is 7.05 Å². The van der Waals surface area contributed by atoms with Crippen molar-refractivity contribution in [1.82, 2.24) is 9.78 Å². The zero-order valence-electron chi connectivity index (χ0n) is 7.89. The molecule has 5 nitrogen and oxygen atoms in total. The minimum absolute atomic E-state index is 0.144. The van der Waals surface area contributed by atoms with E-state index in [4.69, 9.17) is 0 Å². The molecule has 14 heavy (non-hydrogen) atoms. The van der Waals surface area contributed by atoms with Crippen molar-refractivity contribution in [1.29, 1.82) is 0 Å². The van der Waals surface area contributed by atoms with Crippen LogP contribution in [0.25, 0.3) is 10.9 Å². The van der Waals surface area contributed by atoms with Crippen LogP contribution in [-0.4, -0.2) is 14.7 Å². The van der Waals surface area contributed by atoms with Crippen molar-refractivity contribution in [2.75, 3.05) is 0 Å². The molecule has 0 amide bonds. The topological polar surface area (TPSA) is 61.0 Å². The van der Waals surface area contributed by atoms with Crippen LogP contribution >= 0.6 is 0 Å². The van der Waals surface area contributed by atoms with Gasteiger partial charge in [0.2, 0.25) is 0 Å². The molecule has 0 aliphatic carbocycles. The quantitative estimate of drug-likeness (QED) is 0.510. The Kier molecular flexibility index (Phi) is 1.73. The van der Waals surface area contributed by atoms with Crippen LogP contribution in [-0.2, 0) is 7.05 Å². The highest BCUT2D eigenvalue weighted by Gasteiger charge is 2.12. The lowest BCUT2D eigenvalue weighted by molar-refractivity contribution is -0.385. The Hall–Kier alpha value is -1.91. The lowest BCUT2D eigenvalue weighted by Crippen LogP contribution is -1.90. The number of nitro groups is 1. The Bertz CT molecular complexity index is 516. The fraction of sp³-hybridized carbons (Fsp3) is 0.222. The average Bonchev–Trinajstić information content (AvgIpc) is 2.42. The van der Waals surface area contributed by atoms with Crippen LogP contribution in [0, 0.1) is 17.0 Å². The van der Waals surface area contributed by atoms with Crippen LogP contribution in [0.4, 0.5) is 5.69 Å². The zero-order chi connectivity index (χ0) is 10.3. The fourth-order valence-electron chi connectivity index (χ4n) is 1.48. The van der Waals surface area contributed by atoms with E-state index in [-0.39, 0.29) is 10.6 Å². The number of aryl methyl sites for hydroxylation is 2. The molecule has 0 unspecified atom stereocenters. The number of nitro benzene ring substituents is 1. The molecule has 2 rings (SSSR count). The van der Waals surface area contributed by atoms with E-state index in [2.05, 4.69) is 5.10 Å². The predicted octanol–water partition coefficient (Wildman–Crippen LogP) is 1.79. The van der Waals surface area contributed by atoms with Crippen molar-refractivity contribution < 1.29 is 4.92 Å². The first-order chi connectivity index (χ1) is 6.58. The maximum atomic E-state index is 10.7. The monoisotopic (exact) mass is 191 g/mol. The van der Waals surface area contributed by atoms with E-state index < -0.39 is 0 Å². The van der Waals surface area contributed by atoms with Gasteiger partial charge in [-0.05, 0) is 13.0 Å². The van der Waals surface area contributed by atoms with Crippen LogP contribution in [0.5, 0.6) is 0 Å². The fourth-order valence-corrected chi connectivity index (χ4v) is 1.48. The molecular formula is C9H9N3O2. The minimum atomic E-state index is -0.373. The molecule has 0 spiro atoms. The molecule has 1 aromatic heterocycles. The van der Waals surface area contributed by atoms with Gasteiger partial charge in [-0.15, -0.1) is 0 Å². The van der Waals surface area contributed by atoms with E-state index >= 15 is 0 Å². The summed E-state index contributed by atoms with van der Waals surface area (Å²) in [5, 5.41) is 15.6. The molecule has 0 radical (unpaired) electrons. The Morgan fingerprint density at radius 1 is 1.50 bits per heavy atom. The van der Waals surface area contributed by atoms with E-state index in [0.29, 0.717) is 5.56 Å². The lowest BCUT2D eigenvalue weighted by Gasteiger charge is -1.95. The highest BCUT2D eigenvalue weighted by Crippen LogP contribution is 2.23. The molecule has 0 aliphatic heterocycles. The van der Waals surface area contributed by atoms with Gasteiger partial charge in [0.15, 0.2) is 0 Å². The predicted molar refractivity (Wildman–Crippen MR) is 52.1 cm³/mol. The van der Waals surface area contributed by atoms with E-state index in [1.165, 1.54) is 0 Å². The van der Waals surface area contributed by atoms with Crippen molar-refractivity contribution in [3.8, 4) is 0 Å². The maximum Gasteiger partial charge on any atom is 0.273 e. The molecule has 5 heteroatoms. The lowest BCUT2D eigenvalue weighted by atomic mass is 10.1. The molecule has 0 atom stereocenters. The first kappa shape index (κ1) is 8.68. The number of aromatic nitrogens is 2. The van der Waals surface area contributed by atoms with E-state index in [0.717, 1.165) is 10.9 Å². The molecule has 0 saturated heterocycles. The van der Waals surface area contributed by atoms with E-state index in [1.54, 1.807) is 37.0 Å². The number of benzene rings is 1. The number of fused-ring (bicyclic) bond motifs is 1. The Balaban J connectivity index is 2.76. The van der Waals surface area contributed by atoms with Crippen molar-refractivity contribution >= 4 is 16.6 Å². The highest BCUT2D eigenvalue weighted by atomic mass is 16.6. The largest absolute Gasteiger partial charge is 0.275 e. The third kappa shape index (κ3) is 1.22. The maximum absolute atomic E-state index is 10.7. The summed E-state index contributed by atoms with van der Waals surface area (Å²) in [7, 11) is 1.79. The van der Waals surface area contributed by atoms with Crippen molar-refractivity contribution in [2.45, 2.75) is 6.92 Å². The third-order valence-electron chi connectivity index (χ3n) is 2.13. The van der Waals surface area contributed by atoms with Gasteiger partial charge in [-0.2, -0.15) is 5.10 Å². The zero-order valence-corrected chi connectivity index (χ0v) is 7.89. The Morgan fingerprint density at radius 3 is 2.86 bits per heavy atom. The summed E-state index contributed by atoms with van der Waals surface area (Å²) < 4.78 is 1.65. The molecule has 1 aromatic carbocycles. The Morgan fingerprint density at radius 2 is 2.21 bits per heavy atom. The molecule has 0 N–H and O–H groups in total. The second-order valence-electron chi connectivity index (χ2n) is 3.26. The van der Waals surface area contributed by atoms with Gasteiger partial charge in [-0.3, -0.25) is 14.8 Å². The molecule has 72 valence electrons. The number of hydrogen-bond acceptors (Lipinski definition) is 3. The second kappa shape index (κ2) is 2.80. The van der Waals surface area contributed by atoms with Crippen LogP contribution in [0.2, 0.25) is 0 Å². The average molecular weight is 191 g/mol. The number of rotatable bonds is 1. The van der Waals surface area contributed by atoms with Gasteiger partial charge in [-0.1, -0.05) is 0 Å². The third-order valence-corrected chi connectivity index (χ3v) is 2.13. The van der Waals surface area contributed by atoms with Crippen molar-refractivity contribution in [3.63, 3.8) is 0 Å². The summed E-state index contributed by atoms with van der Waals surface area (Å²) in [5.41, 5.74) is 1.57.